The minimum absolute atomic E-state index is 0.180. The number of rotatable bonds is 6. The number of carbonyl (C=O) groups is 2. The smallest absolute Gasteiger partial charge is 0.346 e. The second-order valence-electron chi connectivity index (χ2n) is 3.60. The molecule has 0 aromatic carbocycles. The average molecular weight is 234 g/mol. The number of esters is 1. The number of unbranched alkanes of at least 4 members (excludes halogenated alkanes) is 1. The zero-order chi connectivity index (χ0) is 12.1. The lowest BCUT2D eigenvalue weighted by atomic mass is 9.97. The molecule has 0 aromatic rings. The van der Waals surface area contributed by atoms with Crippen molar-refractivity contribution in [3.63, 3.8) is 0 Å². The number of carbonyl (C=O) groups excluding carboxylic acids is 2. The van der Waals surface area contributed by atoms with Crippen molar-refractivity contribution in [2.75, 3.05) is 0 Å². The van der Waals surface area contributed by atoms with Gasteiger partial charge in [-0.1, -0.05) is 13.3 Å². The van der Waals surface area contributed by atoms with Crippen LogP contribution in [0.3, 0.4) is 0 Å². The lowest BCUT2D eigenvalue weighted by molar-refractivity contribution is -0.169. The molecule has 0 spiro atoms. The van der Waals surface area contributed by atoms with E-state index >= 15 is 0 Å². The molecule has 1 N–H and O–H groups in total. The van der Waals surface area contributed by atoms with Crippen LogP contribution in [0.25, 0.3) is 0 Å². The van der Waals surface area contributed by atoms with Crippen molar-refractivity contribution in [1.29, 1.82) is 0 Å². The van der Waals surface area contributed by atoms with Crippen molar-refractivity contribution >= 4 is 24.4 Å². The second-order valence-corrected chi connectivity index (χ2v) is 4.33. The molecule has 0 radical (unpaired) electrons. The Hall–Kier alpha value is -0.550. The van der Waals surface area contributed by atoms with Gasteiger partial charge >= 0.3 is 5.97 Å². The third-order valence-corrected chi connectivity index (χ3v) is 2.08. The van der Waals surface area contributed by atoms with Crippen molar-refractivity contribution in [2.45, 2.75) is 51.1 Å². The molecule has 0 saturated heterocycles. The van der Waals surface area contributed by atoms with Gasteiger partial charge in [-0.05, 0) is 20.3 Å². The van der Waals surface area contributed by atoms with Crippen LogP contribution in [0.1, 0.15) is 40.0 Å². The number of hydrogen-bond acceptors (Lipinski definition) is 5. The van der Waals surface area contributed by atoms with E-state index in [1.807, 2.05) is 6.92 Å². The highest BCUT2D eigenvalue weighted by Crippen LogP contribution is 2.14. The summed E-state index contributed by atoms with van der Waals surface area (Å²) in [6, 6.07) is 0. The molecule has 88 valence electrons. The highest BCUT2D eigenvalue weighted by Gasteiger charge is 2.39. The molecule has 0 rings (SSSR count). The zero-order valence-corrected chi connectivity index (χ0v) is 10.2. The molecule has 4 nitrogen and oxygen atoms in total. The fourth-order valence-electron chi connectivity index (χ4n) is 0.964. The van der Waals surface area contributed by atoms with Gasteiger partial charge in [0.1, 0.15) is 5.44 Å². The van der Waals surface area contributed by atoms with Crippen molar-refractivity contribution in [3.05, 3.63) is 0 Å². The normalized spacial score (nSPS) is 16.6. The van der Waals surface area contributed by atoms with Gasteiger partial charge in [-0.2, -0.15) is 0 Å². The van der Waals surface area contributed by atoms with E-state index in [4.69, 9.17) is 0 Å². The van der Waals surface area contributed by atoms with Gasteiger partial charge in [0.25, 0.3) is 0 Å². The Morgan fingerprint density at radius 1 is 1.53 bits per heavy atom. The predicted molar refractivity (Wildman–Crippen MR) is 59.7 cm³/mol. The van der Waals surface area contributed by atoms with Crippen LogP contribution in [0.15, 0.2) is 0 Å². The van der Waals surface area contributed by atoms with Crippen LogP contribution < -0.4 is 0 Å². The third-order valence-electron chi connectivity index (χ3n) is 1.98. The Morgan fingerprint density at radius 3 is 2.47 bits per heavy atom. The minimum atomic E-state index is -2.05. The lowest BCUT2D eigenvalue weighted by Gasteiger charge is -2.20. The van der Waals surface area contributed by atoms with Crippen LogP contribution >= 0.6 is 12.6 Å². The summed E-state index contributed by atoms with van der Waals surface area (Å²) >= 11 is 3.84. The summed E-state index contributed by atoms with van der Waals surface area (Å²) in [5.41, 5.74) is -2.69. The number of ketones is 1. The average Bonchev–Trinajstić information content (AvgIpc) is 2.12. The summed E-state index contributed by atoms with van der Waals surface area (Å²) < 4.78 is 4.67. The van der Waals surface area contributed by atoms with Crippen molar-refractivity contribution < 1.29 is 19.4 Å². The molecule has 2 atom stereocenters. The maximum Gasteiger partial charge on any atom is 0.346 e. The molecule has 0 aliphatic carbocycles. The Bertz CT molecular complexity index is 236. The first-order chi connectivity index (χ1) is 6.82. The summed E-state index contributed by atoms with van der Waals surface area (Å²) in [6.07, 6.45) is 1.66. The quantitative estimate of drug-likeness (QED) is 0.315. The van der Waals surface area contributed by atoms with Crippen LogP contribution in [0, 0.1) is 0 Å². The fraction of sp³-hybridized carbons (Fsp3) is 0.800. The maximum absolute atomic E-state index is 11.5. The lowest BCUT2D eigenvalue weighted by Crippen LogP contribution is -2.45. The number of hydrogen-bond donors (Lipinski definition) is 2. The van der Waals surface area contributed by atoms with Gasteiger partial charge in [0.2, 0.25) is 5.60 Å². The highest BCUT2D eigenvalue weighted by molar-refractivity contribution is 7.80. The van der Waals surface area contributed by atoms with Gasteiger partial charge in [0.05, 0.1) is 0 Å². The molecular formula is C10H18O4S. The topological polar surface area (TPSA) is 63.6 Å². The monoisotopic (exact) mass is 234 g/mol. The number of ether oxygens (including phenoxy) is 1. The van der Waals surface area contributed by atoms with E-state index in [9.17, 15) is 14.7 Å². The maximum atomic E-state index is 11.5. The van der Waals surface area contributed by atoms with Gasteiger partial charge in [0, 0.05) is 6.42 Å². The predicted octanol–water partition coefficient (Wildman–Crippen LogP) is 1.32. The number of Topliss-reactive ketones (excluding diaryl/α,β-unsaturated/α-hetero) is 1. The molecule has 15 heavy (non-hydrogen) atoms. The van der Waals surface area contributed by atoms with E-state index in [2.05, 4.69) is 17.4 Å². The van der Waals surface area contributed by atoms with Crippen LogP contribution in [0.2, 0.25) is 0 Å². The SMILES string of the molecule is CCCCC(=O)C(C)(O)C(=O)OC(C)S. The van der Waals surface area contributed by atoms with Crippen LogP contribution in [0.4, 0.5) is 0 Å². The van der Waals surface area contributed by atoms with Crippen LogP contribution in [-0.2, 0) is 14.3 Å². The zero-order valence-electron chi connectivity index (χ0n) is 9.32. The van der Waals surface area contributed by atoms with Gasteiger partial charge in [-0.3, -0.25) is 4.79 Å². The molecule has 2 unspecified atom stereocenters. The van der Waals surface area contributed by atoms with E-state index in [1.54, 1.807) is 0 Å². The molecule has 0 saturated carbocycles. The highest BCUT2D eigenvalue weighted by atomic mass is 32.1. The number of aliphatic hydroxyl groups is 1. The van der Waals surface area contributed by atoms with Gasteiger partial charge in [-0.25, -0.2) is 4.79 Å². The Morgan fingerprint density at radius 2 is 2.07 bits per heavy atom. The first-order valence-electron chi connectivity index (χ1n) is 4.97. The second kappa shape index (κ2) is 6.12. The van der Waals surface area contributed by atoms with E-state index in [-0.39, 0.29) is 6.42 Å². The summed E-state index contributed by atoms with van der Waals surface area (Å²) in [6.45, 7) is 4.62. The summed E-state index contributed by atoms with van der Waals surface area (Å²) in [5, 5.41) is 9.67. The molecule has 0 fully saturated rings. The van der Waals surface area contributed by atoms with E-state index in [1.165, 1.54) is 6.92 Å². The molecule has 0 heterocycles. The van der Waals surface area contributed by atoms with Crippen molar-refractivity contribution in [2.24, 2.45) is 0 Å². The standard InChI is InChI=1S/C10H18O4S/c1-4-5-6-8(11)10(3,13)9(12)14-7(2)15/h7,13,15H,4-6H2,1-3H3. The molecule has 0 aliphatic rings. The van der Waals surface area contributed by atoms with E-state index in [0.29, 0.717) is 6.42 Å². The van der Waals surface area contributed by atoms with Crippen LogP contribution in [-0.4, -0.2) is 27.9 Å². The number of thiol groups is 1. The van der Waals surface area contributed by atoms with Crippen molar-refractivity contribution in [1.82, 2.24) is 0 Å². The van der Waals surface area contributed by atoms with Gasteiger partial charge < -0.3 is 9.84 Å². The fourth-order valence-corrected chi connectivity index (χ4v) is 1.06. The third kappa shape index (κ3) is 4.66. The molecule has 0 bridgehead atoms. The van der Waals surface area contributed by atoms with E-state index in [0.717, 1.165) is 13.3 Å². The first-order valence-corrected chi connectivity index (χ1v) is 5.48. The summed E-state index contributed by atoms with van der Waals surface area (Å²) in [5.74, 6) is -1.45. The summed E-state index contributed by atoms with van der Waals surface area (Å²) in [4.78, 5) is 22.8. The first kappa shape index (κ1) is 14.5. The largest absolute Gasteiger partial charge is 0.449 e. The molecule has 5 heteroatoms. The van der Waals surface area contributed by atoms with E-state index < -0.39 is 22.8 Å². The Labute approximate surface area is 95.4 Å². The molecular weight excluding hydrogens is 216 g/mol. The van der Waals surface area contributed by atoms with Crippen LogP contribution in [0.5, 0.6) is 0 Å². The van der Waals surface area contributed by atoms with Gasteiger partial charge in [-0.15, -0.1) is 12.6 Å². The Kier molecular flexibility index (Phi) is 5.90. The molecule has 0 aliphatic heterocycles. The summed E-state index contributed by atoms with van der Waals surface area (Å²) in [7, 11) is 0. The van der Waals surface area contributed by atoms with Crippen molar-refractivity contribution in [3.8, 4) is 0 Å². The molecule has 0 amide bonds. The minimum Gasteiger partial charge on any atom is -0.449 e. The molecule has 0 aromatic heterocycles. The van der Waals surface area contributed by atoms with Gasteiger partial charge in [0.15, 0.2) is 5.78 Å². The Balaban J connectivity index is 4.37.